The van der Waals surface area contributed by atoms with E-state index < -0.39 is 0 Å². The van der Waals surface area contributed by atoms with Gasteiger partial charge in [0.25, 0.3) is 5.91 Å². The van der Waals surface area contributed by atoms with Gasteiger partial charge in [-0.25, -0.2) is 0 Å². The van der Waals surface area contributed by atoms with Gasteiger partial charge in [-0.1, -0.05) is 47.1 Å². The lowest BCUT2D eigenvalue weighted by Gasteiger charge is -2.36. The van der Waals surface area contributed by atoms with Crippen LogP contribution in [0.25, 0.3) is 11.3 Å². The molecule has 1 fully saturated rings. The van der Waals surface area contributed by atoms with E-state index in [0.29, 0.717) is 10.9 Å². The van der Waals surface area contributed by atoms with Crippen molar-refractivity contribution in [2.45, 2.75) is 25.8 Å². The Morgan fingerprint density at radius 3 is 2.65 bits per heavy atom. The number of carbonyl (C=O) groups is 1. The number of benzene rings is 2. The van der Waals surface area contributed by atoms with E-state index in [9.17, 15) is 4.79 Å². The highest BCUT2D eigenvalue weighted by molar-refractivity contribution is 6.30. The molecular formula is C25H26ClN3O2. The van der Waals surface area contributed by atoms with E-state index in [-0.39, 0.29) is 5.91 Å². The molecule has 0 atom stereocenters. The normalized spacial score (nSPS) is 17.7. The van der Waals surface area contributed by atoms with Crippen molar-refractivity contribution in [1.82, 2.24) is 15.0 Å². The molecule has 6 heteroatoms. The van der Waals surface area contributed by atoms with Crippen LogP contribution in [0.4, 0.5) is 0 Å². The highest BCUT2D eigenvalue weighted by atomic mass is 35.5. The Balaban J connectivity index is 1.13. The maximum atomic E-state index is 12.9. The van der Waals surface area contributed by atoms with Gasteiger partial charge in [0.2, 0.25) is 0 Å². The summed E-state index contributed by atoms with van der Waals surface area (Å²) in [6.07, 6.45) is 3.07. The van der Waals surface area contributed by atoms with Crippen LogP contribution in [0.1, 0.15) is 34.5 Å². The number of rotatable bonds is 5. The van der Waals surface area contributed by atoms with Crippen molar-refractivity contribution < 1.29 is 9.32 Å². The van der Waals surface area contributed by atoms with Gasteiger partial charge in [0.1, 0.15) is 5.69 Å². The van der Waals surface area contributed by atoms with E-state index in [1.807, 2.05) is 59.5 Å². The zero-order valence-corrected chi connectivity index (χ0v) is 18.2. The summed E-state index contributed by atoms with van der Waals surface area (Å²) in [6, 6.07) is 17.8. The number of amides is 1. The topological polar surface area (TPSA) is 49.6 Å². The zero-order chi connectivity index (χ0) is 21.2. The second-order valence-corrected chi connectivity index (χ2v) is 9.00. The first kappa shape index (κ1) is 20.3. The molecule has 31 heavy (non-hydrogen) atoms. The molecule has 1 aromatic heterocycles. The number of nitrogens with zero attached hydrogens (tertiary/aromatic N) is 3. The Labute approximate surface area is 187 Å². The number of carbonyl (C=O) groups excluding carboxylic acids is 1. The first-order valence-corrected chi connectivity index (χ1v) is 11.3. The molecule has 3 heterocycles. The Bertz CT molecular complexity index is 1060. The smallest absolute Gasteiger partial charge is 0.254 e. The molecule has 5 rings (SSSR count). The molecule has 0 N–H and O–H groups in total. The van der Waals surface area contributed by atoms with Crippen molar-refractivity contribution in [2.24, 2.45) is 5.92 Å². The number of aromatic nitrogens is 1. The molecule has 0 spiro atoms. The first-order chi connectivity index (χ1) is 15.2. The lowest BCUT2D eigenvalue weighted by molar-refractivity contribution is 0.0667. The lowest BCUT2D eigenvalue weighted by Crippen LogP contribution is -2.43. The van der Waals surface area contributed by atoms with Gasteiger partial charge in [-0.05, 0) is 62.0 Å². The van der Waals surface area contributed by atoms with Crippen LogP contribution in [0.5, 0.6) is 0 Å². The maximum absolute atomic E-state index is 12.9. The summed E-state index contributed by atoms with van der Waals surface area (Å²) in [5.74, 6) is 1.60. The van der Waals surface area contributed by atoms with Gasteiger partial charge in [0, 0.05) is 35.3 Å². The molecule has 5 nitrogen and oxygen atoms in total. The van der Waals surface area contributed by atoms with Crippen molar-refractivity contribution in [3.05, 3.63) is 76.5 Å². The van der Waals surface area contributed by atoms with Crippen LogP contribution >= 0.6 is 11.6 Å². The number of hydrogen-bond donors (Lipinski definition) is 0. The molecule has 2 aromatic carbocycles. The fourth-order valence-corrected chi connectivity index (χ4v) is 4.87. The summed E-state index contributed by atoms with van der Waals surface area (Å²) in [4.78, 5) is 17.3. The summed E-state index contributed by atoms with van der Waals surface area (Å²) in [6.45, 7) is 4.44. The molecule has 0 unspecified atom stereocenters. The Morgan fingerprint density at radius 2 is 1.84 bits per heavy atom. The molecule has 2 aliphatic rings. The van der Waals surface area contributed by atoms with E-state index >= 15 is 0 Å². The first-order valence-electron chi connectivity index (χ1n) is 11.0. The van der Waals surface area contributed by atoms with E-state index in [0.717, 1.165) is 80.1 Å². The van der Waals surface area contributed by atoms with Crippen LogP contribution in [0.3, 0.4) is 0 Å². The highest BCUT2D eigenvalue weighted by Gasteiger charge is 2.28. The van der Waals surface area contributed by atoms with Gasteiger partial charge in [-0.2, -0.15) is 0 Å². The van der Waals surface area contributed by atoms with Gasteiger partial charge in [-0.15, -0.1) is 0 Å². The quantitative estimate of drug-likeness (QED) is 0.571. The monoisotopic (exact) mass is 435 g/mol. The maximum Gasteiger partial charge on any atom is 0.254 e. The molecule has 1 saturated heterocycles. The van der Waals surface area contributed by atoms with E-state index in [1.165, 1.54) is 0 Å². The summed E-state index contributed by atoms with van der Waals surface area (Å²) in [5, 5.41) is 4.93. The number of piperidine rings is 1. The van der Waals surface area contributed by atoms with Gasteiger partial charge >= 0.3 is 0 Å². The average molecular weight is 436 g/mol. The van der Waals surface area contributed by atoms with Crippen molar-refractivity contribution in [3.8, 4) is 11.3 Å². The van der Waals surface area contributed by atoms with Crippen LogP contribution in [-0.2, 0) is 13.0 Å². The van der Waals surface area contributed by atoms with E-state index in [1.54, 1.807) is 0 Å². The standard InChI is InChI=1S/C25H26ClN3O2/c26-21-6-7-23-20(14-21)10-13-29(25(23)30)16-18-8-11-28(12-9-18)17-22-15-24(27-31-22)19-4-2-1-3-5-19/h1-7,14-15,18H,8-13,16-17H2. The second kappa shape index (κ2) is 8.85. The van der Waals surface area contributed by atoms with Crippen molar-refractivity contribution in [3.63, 3.8) is 0 Å². The fraction of sp³-hybridized carbons (Fsp3) is 0.360. The minimum atomic E-state index is 0.149. The average Bonchev–Trinajstić information content (AvgIpc) is 3.26. The predicted octanol–water partition coefficient (Wildman–Crippen LogP) is 4.91. The molecule has 0 aliphatic carbocycles. The van der Waals surface area contributed by atoms with Crippen molar-refractivity contribution >= 4 is 17.5 Å². The molecule has 0 saturated carbocycles. The molecule has 2 aliphatic heterocycles. The third-order valence-corrected chi connectivity index (χ3v) is 6.66. The molecule has 3 aromatic rings. The summed E-state index contributed by atoms with van der Waals surface area (Å²) < 4.78 is 5.57. The summed E-state index contributed by atoms with van der Waals surface area (Å²) >= 11 is 6.08. The van der Waals surface area contributed by atoms with Gasteiger partial charge in [-0.3, -0.25) is 9.69 Å². The van der Waals surface area contributed by atoms with Gasteiger partial charge in [0.15, 0.2) is 5.76 Å². The van der Waals surface area contributed by atoms with E-state index in [4.69, 9.17) is 16.1 Å². The van der Waals surface area contributed by atoms with Crippen LogP contribution in [0.15, 0.2) is 59.1 Å². The number of halogens is 1. The largest absolute Gasteiger partial charge is 0.359 e. The summed E-state index contributed by atoms with van der Waals surface area (Å²) in [7, 11) is 0. The van der Waals surface area contributed by atoms with Crippen LogP contribution in [0.2, 0.25) is 5.02 Å². The van der Waals surface area contributed by atoms with E-state index in [2.05, 4.69) is 10.1 Å². The van der Waals surface area contributed by atoms with Gasteiger partial charge < -0.3 is 9.42 Å². The number of hydrogen-bond acceptors (Lipinski definition) is 4. The fourth-order valence-electron chi connectivity index (χ4n) is 4.67. The van der Waals surface area contributed by atoms with Crippen LogP contribution in [-0.4, -0.2) is 47.0 Å². The molecule has 1 amide bonds. The highest BCUT2D eigenvalue weighted by Crippen LogP contribution is 2.26. The van der Waals surface area contributed by atoms with Crippen molar-refractivity contribution in [2.75, 3.05) is 26.2 Å². The number of fused-ring (bicyclic) bond motifs is 1. The minimum Gasteiger partial charge on any atom is -0.359 e. The molecular weight excluding hydrogens is 410 g/mol. The third kappa shape index (κ3) is 4.53. The zero-order valence-electron chi connectivity index (χ0n) is 17.5. The second-order valence-electron chi connectivity index (χ2n) is 8.57. The Morgan fingerprint density at radius 1 is 1.03 bits per heavy atom. The minimum absolute atomic E-state index is 0.149. The van der Waals surface area contributed by atoms with Crippen molar-refractivity contribution in [1.29, 1.82) is 0 Å². The molecule has 160 valence electrons. The number of likely N-dealkylation sites (tertiary alicyclic amines) is 1. The SMILES string of the molecule is O=C1c2ccc(Cl)cc2CCN1CC1CCN(Cc2cc(-c3ccccc3)no2)CC1. The Kier molecular flexibility index (Phi) is 5.79. The van der Waals surface area contributed by atoms with Crippen LogP contribution in [0, 0.1) is 5.92 Å². The predicted molar refractivity (Wildman–Crippen MR) is 121 cm³/mol. The molecule has 0 bridgehead atoms. The molecule has 0 radical (unpaired) electrons. The third-order valence-electron chi connectivity index (χ3n) is 6.43. The Hall–Kier alpha value is -2.63. The van der Waals surface area contributed by atoms with Crippen LogP contribution < -0.4 is 0 Å². The summed E-state index contributed by atoms with van der Waals surface area (Å²) in [5.41, 5.74) is 3.85. The lowest BCUT2D eigenvalue weighted by atomic mass is 9.93. The van der Waals surface area contributed by atoms with Gasteiger partial charge in [0.05, 0.1) is 6.54 Å².